The van der Waals surface area contributed by atoms with Gasteiger partial charge in [-0.25, -0.2) is 4.79 Å². The first kappa shape index (κ1) is 12.5. The summed E-state index contributed by atoms with van der Waals surface area (Å²) in [6.45, 7) is -0.343. The molecule has 0 fully saturated rings. The Kier molecular flexibility index (Phi) is 3.85. The van der Waals surface area contributed by atoms with Gasteiger partial charge >= 0.3 is 5.97 Å². The van der Waals surface area contributed by atoms with E-state index in [1.54, 1.807) is 12.1 Å². The van der Waals surface area contributed by atoms with Crippen molar-refractivity contribution in [2.24, 2.45) is 0 Å². The van der Waals surface area contributed by atoms with Crippen molar-refractivity contribution in [3.05, 3.63) is 53.6 Å². The summed E-state index contributed by atoms with van der Waals surface area (Å²) in [5, 5.41) is 9.23. The van der Waals surface area contributed by atoms with Gasteiger partial charge in [0.15, 0.2) is 6.61 Å². The van der Waals surface area contributed by atoms with Gasteiger partial charge in [0.2, 0.25) is 0 Å². The van der Waals surface area contributed by atoms with Gasteiger partial charge in [-0.2, -0.15) is 0 Å². The summed E-state index contributed by atoms with van der Waals surface area (Å²) >= 11 is 5.83. The molecule has 2 rings (SSSR count). The Morgan fingerprint density at radius 2 is 1.83 bits per heavy atom. The Morgan fingerprint density at radius 1 is 1.11 bits per heavy atom. The molecule has 0 aliphatic heterocycles. The minimum absolute atomic E-state index is 0.343. The van der Waals surface area contributed by atoms with Gasteiger partial charge in [-0.1, -0.05) is 35.9 Å². The largest absolute Gasteiger partial charge is 0.482 e. The quantitative estimate of drug-likeness (QED) is 0.918. The van der Waals surface area contributed by atoms with E-state index in [2.05, 4.69) is 0 Å². The Labute approximate surface area is 110 Å². The Balaban J connectivity index is 2.21. The van der Waals surface area contributed by atoms with E-state index in [0.29, 0.717) is 10.8 Å². The molecule has 4 heteroatoms. The van der Waals surface area contributed by atoms with Crippen molar-refractivity contribution >= 4 is 17.6 Å². The third kappa shape index (κ3) is 3.25. The van der Waals surface area contributed by atoms with E-state index in [4.69, 9.17) is 21.4 Å². The standard InChI is InChI=1S/C14H11ClO3/c15-12-6-4-10(5-7-12)11-2-1-3-13(8-11)18-9-14(16)17/h1-8H,9H2,(H,16,17). The van der Waals surface area contributed by atoms with E-state index in [0.717, 1.165) is 11.1 Å². The highest BCUT2D eigenvalue weighted by Crippen LogP contribution is 2.25. The highest BCUT2D eigenvalue weighted by atomic mass is 35.5. The predicted octanol–water partition coefficient (Wildman–Crippen LogP) is 3.47. The third-order valence-corrected chi connectivity index (χ3v) is 2.63. The fraction of sp³-hybridized carbons (Fsp3) is 0.0714. The van der Waals surface area contributed by atoms with Gasteiger partial charge in [-0.3, -0.25) is 0 Å². The van der Waals surface area contributed by atoms with Crippen molar-refractivity contribution in [3.63, 3.8) is 0 Å². The van der Waals surface area contributed by atoms with E-state index in [9.17, 15) is 4.79 Å². The zero-order chi connectivity index (χ0) is 13.0. The van der Waals surface area contributed by atoms with Crippen LogP contribution >= 0.6 is 11.6 Å². The summed E-state index contributed by atoms with van der Waals surface area (Å²) < 4.78 is 5.13. The van der Waals surface area contributed by atoms with E-state index in [1.165, 1.54) is 0 Å². The molecule has 0 aliphatic rings. The van der Waals surface area contributed by atoms with E-state index < -0.39 is 5.97 Å². The van der Waals surface area contributed by atoms with Crippen molar-refractivity contribution < 1.29 is 14.6 Å². The number of carboxylic acid groups (broad SMARTS) is 1. The van der Waals surface area contributed by atoms with Gasteiger partial charge in [0.1, 0.15) is 5.75 Å². The van der Waals surface area contributed by atoms with Gasteiger partial charge in [-0.05, 0) is 35.4 Å². The average Bonchev–Trinajstić information content (AvgIpc) is 2.37. The van der Waals surface area contributed by atoms with E-state index in [-0.39, 0.29) is 6.61 Å². The van der Waals surface area contributed by atoms with Crippen LogP contribution in [0.5, 0.6) is 5.75 Å². The molecule has 0 unspecified atom stereocenters. The van der Waals surface area contributed by atoms with Crippen LogP contribution in [0.15, 0.2) is 48.5 Å². The van der Waals surface area contributed by atoms with Gasteiger partial charge in [-0.15, -0.1) is 0 Å². The molecule has 0 aromatic heterocycles. The molecule has 92 valence electrons. The normalized spacial score (nSPS) is 10.1. The van der Waals surface area contributed by atoms with Crippen molar-refractivity contribution in [1.82, 2.24) is 0 Å². The second-order valence-corrected chi connectivity index (χ2v) is 4.15. The molecular weight excluding hydrogens is 252 g/mol. The number of rotatable bonds is 4. The highest BCUT2D eigenvalue weighted by Gasteiger charge is 2.02. The number of ether oxygens (including phenoxy) is 1. The first-order valence-electron chi connectivity index (χ1n) is 5.36. The maximum atomic E-state index is 10.4. The summed E-state index contributed by atoms with van der Waals surface area (Å²) in [5.74, 6) is -0.461. The number of benzene rings is 2. The second kappa shape index (κ2) is 5.56. The lowest BCUT2D eigenvalue weighted by molar-refractivity contribution is -0.139. The SMILES string of the molecule is O=C(O)COc1cccc(-c2ccc(Cl)cc2)c1. The highest BCUT2D eigenvalue weighted by molar-refractivity contribution is 6.30. The van der Waals surface area contributed by atoms with Crippen LogP contribution < -0.4 is 4.74 Å². The molecular formula is C14H11ClO3. The minimum Gasteiger partial charge on any atom is -0.482 e. The topological polar surface area (TPSA) is 46.5 Å². The molecule has 0 saturated carbocycles. The van der Waals surface area contributed by atoms with Crippen molar-refractivity contribution in [2.45, 2.75) is 0 Å². The van der Waals surface area contributed by atoms with Gasteiger partial charge in [0, 0.05) is 5.02 Å². The molecule has 2 aromatic carbocycles. The maximum absolute atomic E-state index is 10.4. The van der Waals surface area contributed by atoms with Crippen LogP contribution in [0.1, 0.15) is 0 Å². The first-order valence-corrected chi connectivity index (χ1v) is 5.73. The Morgan fingerprint density at radius 3 is 2.50 bits per heavy atom. The average molecular weight is 263 g/mol. The molecule has 0 heterocycles. The zero-order valence-electron chi connectivity index (χ0n) is 9.47. The van der Waals surface area contributed by atoms with Crippen LogP contribution in [0.25, 0.3) is 11.1 Å². The summed E-state index contributed by atoms with van der Waals surface area (Å²) in [4.78, 5) is 10.4. The number of hydrogen-bond acceptors (Lipinski definition) is 2. The molecule has 0 amide bonds. The van der Waals surface area contributed by atoms with Crippen LogP contribution in [0.2, 0.25) is 5.02 Å². The van der Waals surface area contributed by atoms with Crippen LogP contribution in [0.3, 0.4) is 0 Å². The monoisotopic (exact) mass is 262 g/mol. The Bertz CT molecular complexity index is 549. The molecule has 0 saturated heterocycles. The summed E-state index contributed by atoms with van der Waals surface area (Å²) in [5.41, 5.74) is 1.95. The van der Waals surface area contributed by atoms with E-state index in [1.807, 2.05) is 36.4 Å². The van der Waals surface area contributed by atoms with Crippen LogP contribution in [-0.2, 0) is 4.79 Å². The lowest BCUT2D eigenvalue weighted by Crippen LogP contribution is -2.09. The molecule has 0 bridgehead atoms. The summed E-state index contributed by atoms with van der Waals surface area (Å²) in [6, 6.07) is 14.7. The van der Waals surface area contributed by atoms with Gasteiger partial charge in [0.25, 0.3) is 0 Å². The fourth-order valence-electron chi connectivity index (χ4n) is 1.55. The Hall–Kier alpha value is -2.00. The third-order valence-electron chi connectivity index (χ3n) is 2.37. The lowest BCUT2D eigenvalue weighted by Gasteiger charge is -2.06. The molecule has 0 atom stereocenters. The number of carboxylic acids is 1. The van der Waals surface area contributed by atoms with Gasteiger partial charge in [0.05, 0.1) is 0 Å². The number of hydrogen-bond donors (Lipinski definition) is 1. The zero-order valence-corrected chi connectivity index (χ0v) is 10.2. The minimum atomic E-state index is -0.994. The molecule has 1 N–H and O–H groups in total. The molecule has 0 radical (unpaired) electrons. The van der Waals surface area contributed by atoms with Crippen molar-refractivity contribution in [1.29, 1.82) is 0 Å². The smallest absolute Gasteiger partial charge is 0.341 e. The first-order chi connectivity index (χ1) is 8.65. The summed E-state index contributed by atoms with van der Waals surface area (Å²) in [6.07, 6.45) is 0. The fourth-order valence-corrected chi connectivity index (χ4v) is 1.68. The molecule has 0 spiro atoms. The predicted molar refractivity (Wildman–Crippen MR) is 70.0 cm³/mol. The van der Waals surface area contributed by atoms with E-state index >= 15 is 0 Å². The van der Waals surface area contributed by atoms with Crippen LogP contribution in [0.4, 0.5) is 0 Å². The maximum Gasteiger partial charge on any atom is 0.341 e. The number of carbonyl (C=O) groups is 1. The van der Waals surface area contributed by atoms with Crippen LogP contribution in [-0.4, -0.2) is 17.7 Å². The summed E-state index contributed by atoms with van der Waals surface area (Å²) in [7, 11) is 0. The number of halogens is 1. The second-order valence-electron chi connectivity index (χ2n) is 3.72. The number of aliphatic carboxylic acids is 1. The van der Waals surface area contributed by atoms with Gasteiger partial charge < -0.3 is 9.84 Å². The molecule has 2 aromatic rings. The van der Waals surface area contributed by atoms with Crippen LogP contribution in [0, 0.1) is 0 Å². The van der Waals surface area contributed by atoms with Crippen molar-refractivity contribution in [2.75, 3.05) is 6.61 Å². The molecule has 18 heavy (non-hydrogen) atoms. The van der Waals surface area contributed by atoms with Crippen molar-refractivity contribution in [3.8, 4) is 16.9 Å². The lowest BCUT2D eigenvalue weighted by atomic mass is 10.1. The molecule has 3 nitrogen and oxygen atoms in total. The molecule has 0 aliphatic carbocycles.